The number of esters is 1. The van der Waals surface area contributed by atoms with Crippen molar-refractivity contribution in [3.05, 3.63) is 35.9 Å². The molecule has 1 fully saturated rings. The molecule has 1 aliphatic heterocycles. The average Bonchev–Trinajstić information content (AvgIpc) is 2.98. The maximum Gasteiger partial charge on any atom is 0.307 e. The highest BCUT2D eigenvalue weighted by Crippen LogP contribution is 2.19. The monoisotopic (exact) mass is 336 g/mol. The van der Waals surface area contributed by atoms with Crippen LogP contribution in [0.25, 0.3) is 0 Å². The summed E-state index contributed by atoms with van der Waals surface area (Å²) in [4.78, 5) is 36.9. The number of hydrogen-bond donors (Lipinski definition) is 1. The molecule has 23 heavy (non-hydrogen) atoms. The van der Waals surface area contributed by atoms with Gasteiger partial charge in [0.2, 0.25) is 5.91 Å². The number of hydrogen-bond acceptors (Lipinski definition) is 5. The first-order valence-electron chi connectivity index (χ1n) is 7.43. The van der Waals surface area contributed by atoms with Crippen LogP contribution in [0.3, 0.4) is 0 Å². The number of nitrogens with one attached hydrogen (secondary N) is 1. The molecule has 1 saturated heterocycles. The van der Waals surface area contributed by atoms with Gasteiger partial charge in [0.05, 0.1) is 19.6 Å². The highest BCUT2D eigenvalue weighted by Gasteiger charge is 2.23. The van der Waals surface area contributed by atoms with Gasteiger partial charge in [0, 0.05) is 25.3 Å². The number of amides is 2. The Bertz CT molecular complexity index is 564. The van der Waals surface area contributed by atoms with Crippen LogP contribution in [0.2, 0.25) is 0 Å². The largest absolute Gasteiger partial charge is 0.469 e. The summed E-state index contributed by atoms with van der Waals surface area (Å²) in [6.07, 6.45) is 0.293. The first-order chi connectivity index (χ1) is 11.1. The van der Waals surface area contributed by atoms with E-state index in [9.17, 15) is 14.4 Å². The molecule has 6 nitrogen and oxygen atoms in total. The zero-order valence-corrected chi connectivity index (χ0v) is 13.8. The van der Waals surface area contributed by atoms with Crippen LogP contribution in [0.5, 0.6) is 0 Å². The quantitative estimate of drug-likeness (QED) is 0.771. The number of carbonyl (C=O) groups is 3. The minimum absolute atomic E-state index is 0.0203. The van der Waals surface area contributed by atoms with Crippen LogP contribution < -0.4 is 5.32 Å². The van der Waals surface area contributed by atoms with Gasteiger partial charge in [-0.15, -0.1) is 0 Å². The first-order valence-corrected chi connectivity index (χ1v) is 8.41. The molecule has 2 amide bonds. The molecule has 0 unspecified atom stereocenters. The predicted molar refractivity (Wildman–Crippen MR) is 88.0 cm³/mol. The fourth-order valence-corrected chi connectivity index (χ4v) is 3.17. The lowest BCUT2D eigenvalue weighted by Gasteiger charge is -2.19. The van der Waals surface area contributed by atoms with E-state index in [0.717, 1.165) is 11.3 Å². The Kier molecular flexibility index (Phi) is 6.46. The van der Waals surface area contributed by atoms with Gasteiger partial charge in [0.25, 0.3) is 5.24 Å². The molecule has 1 atom stereocenters. The van der Waals surface area contributed by atoms with Crippen LogP contribution >= 0.6 is 11.8 Å². The zero-order valence-electron chi connectivity index (χ0n) is 13.0. The summed E-state index contributed by atoms with van der Waals surface area (Å²) < 4.78 is 4.69. The molecular formula is C16H20N2O4S. The molecule has 1 aromatic rings. The summed E-state index contributed by atoms with van der Waals surface area (Å²) in [7, 11) is 1.32. The van der Waals surface area contributed by atoms with Gasteiger partial charge in [-0.25, -0.2) is 0 Å². The van der Waals surface area contributed by atoms with Gasteiger partial charge in [0.1, 0.15) is 0 Å². The van der Waals surface area contributed by atoms with E-state index in [0.29, 0.717) is 13.1 Å². The van der Waals surface area contributed by atoms with E-state index >= 15 is 0 Å². The molecule has 0 saturated carbocycles. The zero-order chi connectivity index (χ0) is 16.7. The van der Waals surface area contributed by atoms with Crippen molar-refractivity contribution in [2.45, 2.75) is 18.9 Å². The molecule has 124 valence electrons. The first kappa shape index (κ1) is 17.3. The van der Waals surface area contributed by atoms with E-state index in [1.54, 1.807) is 4.90 Å². The maximum atomic E-state index is 12.2. The van der Waals surface area contributed by atoms with Crippen LogP contribution in [-0.2, 0) is 14.3 Å². The Labute approximate surface area is 139 Å². The summed E-state index contributed by atoms with van der Waals surface area (Å²) in [5.41, 5.74) is 0.846. The van der Waals surface area contributed by atoms with Crippen molar-refractivity contribution in [1.82, 2.24) is 10.2 Å². The molecule has 0 radical (unpaired) electrons. The highest BCUT2D eigenvalue weighted by molar-refractivity contribution is 8.13. The number of benzene rings is 1. The number of ether oxygens (including phenoxy) is 1. The second-order valence-electron chi connectivity index (χ2n) is 5.16. The van der Waals surface area contributed by atoms with Crippen LogP contribution in [-0.4, -0.2) is 48.0 Å². The fraction of sp³-hybridized carbons (Fsp3) is 0.438. The lowest BCUT2D eigenvalue weighted by Crippen LogP contribution is -2.34. The summed E-state index contributed by atoms with van der Waals surface area (Å²) in [6, 6.07) is 8.86. The highest BCUT2D eigenvalue weighted by atomic mass is 32.2. The summed E-state index contributed by atoms with van der Waals surface area (Å²) in [6.45, 7) is 1.08. The number of thioether (sulfide) groups is 1. The normalized spacial score (nSPS) is 15.3. The Hall–Kier alpha value is -2.02. The average molecular weight is 336 g/mol. The Morgan fingerprint density at radius 3 is 2.70 bits per heavy atom. The lowest BCUT2D eigenvalue weighted by molar-refractivity contribution is -0.141. The Morgan fingerprint density at radius 1 is 1.35 bits per heavy atom. The fourth-order valence-electron chi connectivity index (χ4n) is 2.32. The van der Waals surface area contributed by atoms with E-state index in [1.807, 2.05) is 30.3 Å². The third kappa shape index (κ3) is 5.28. The van der Waals surface area contributed by atoms with Crippen molar-refractivity contribution in [2.75, 3.05) is 26.0 Å². The Balaban J connectivity index is 1.92. The van der Waals surface area contributed by atoms with Gasteiger partial charge in [-0.3, -0.25) is 14.4 Å². The van der Waals surface area contributed by atoms with Crippen molar-refractivity contribution >= 4 is 28.9 Å². The minimum Gasteiger partial charge on any atom is -0.469 e. The molecule has 1 aromatic carbocycles. The van der Waals surface area contributed by atoms with E-state index in [2.05, 4.69) is 5.32 Å². The molecule has 0 aromatic heterocycles. The maximum absolute atomic E-state index is 12.2. The van der Waals surface area contributed by atoms with Gasteiger partial charge in [-0.1, -0.05) is 42.1 Å². The van der Waals surface area contributed by atoms with E-state index in [1.165, 1.54) is 18.9 Å². The third-order valence-electron chi connectivity index (χ3n) is 3.59. The second-order valence-corrected chi connectivity index (χ2v) is 6.21. The van der Waals surface area contributed by atoms with Crippen molar-refractivity contribution < 1.29 is 19.1 Å². The van der Waals surface area contributed by atoms with Crippen LogP contribution in [0, 0.1) is 0 Å². The molecule has 2 rings (SSSR count). The molecule has 1 heterocycles. The SMILES string of the molecule is COC(=O)C[C@@H](NC(=O)CCN1CCSC1=O)c1ccccc1. The van der Waals surface area contributed by atoms with Crippen LogP contribution in [0.15, 0.2) is 30.3 Å². The van der Waals surface area contributed by atoms with Gasteiger partial charge in [-0.05, 0) is 5.56 Å². The van der Waals surface area contributed by atoms with E-state index in [4.69, 9.17) is 4.74 Å². The summed E-state index contributed by atoms with van der Waals surface area (Å²) in [5, 5.41) is 2.87. The standard InChI is InChI=1S/C16H20N2O4S/c1-22-15(20)11-13(12-5-3-2-4-6-12)17-14(19)7-8-18-9-10-23-16(18)21/h2-6,13H,7-11H2,1H3,(H,17,19)/t13-/m1/s1. The molecule has 0 bridgehead atoms. The molecule has 7 heteroatoms. The third-order valence-corrected chi connectivity index (χ3v) is 4.48. The van der Waals surface area contributed by atoms with Crippen molar-refractivity contribution in [3.63, 3.8) is 0 Å². The second kappa shape index (κ2) is 8.57. The minimum atomic E-state index is -0.431. The lowest BCUT2D eigenvalue weighted by atomic mass is 10.0. The van der Waals surface area contributed by atoms with E-state index < -0.39 is 6.04 Å². The van der Waals surface area contributed by atoms with Crippen LogP contribution in [0.1, 0.15) is 24.4 Å². The Morgan fingerprint density at radius 2 is 2.09 bits per heavy atom. The van der Waals surface area contributed by atoms with Crippen molar-refractivity contribution in [3.8, 4) is 0 Å². The van der Waals surface area contributed by atoms with Gasteiger partial charge in [0.15, 0.2) is 0 Å². The van der Waals surface area contributed by atoms with Gasteiger partial charge < -0.3 is 15.0 Å². The topological polar surface area (TPSA) is 75.7 Å². The van der Waals surface area contributed by atoms with Crippen molar-refractivity contribution in [1.29, 1.82) is 0 Å². The summed E-state index contributed by atoms with van der Waals surface area (Å²) >= 11 is 1.27. The van der Waals surface area contributed by atoms with Crippen molar-refractivity contribution in [2.24, 2.45) is 0 Å². The molecular weight excluding hydrogens is 316 g/mol. The van der Waals surface area contributed by atoms with Crippen LogP contribution in [0.4, 0.5) is 4.79 Å². The predicted octanol–water partition coefficient (Wildman–Crippen LogP) is 1.97. The molecule has 1 N–H and O–H groups in total. The molecule has 0 aliphatic carbocycles. The smallest absolute Gasteiger partial charge is 0.307 e. The summed E-state index contributed by atoms with van der Waals surface area (Å²) in [5.74, 6) is 0.202. The number of nitrogens with zero attached hydrogens (tertiary/aromatic N) is 1. The molecule has 0 spiro atoms. The number of methoxy groups -OCH3 is 1. The number of carbonyl (C=O) groups excluding carboxylic acids is 3. The van der Waals surface area contributed by atoms with Gasteiger partial charge in [-0.2, -0.15) is 0 Å². The number of rotatable bonds is 7. The van der Waals surface area contributed by atoms with E-state index in [-0.39, 0.29) is 30.0 Å². The van der Waals surface area contributed by atoms with Gasteiger partial charge >= 0.3 is 5.97 Å². The molecule has 1 aliphatic rings.